The third-order valence-corrected chi connectivity index (χ3v) is 4.25. The Labute approximate surface area is 132 Å². The first-order valence-corrected chi connectivity index (χ1v) is 7.43. The first-order chi connectivity index (χ1) is 10.4. The standard InChI is InChI=1S/C14H12F7NS/c1-8-5-10(12(15,13(16,17)18)14(19,20)21)6-9(2)11(8)22-3-4-23-7-22/h3-6H,7H2,1-2H3. The van der Waals surface area contributed by atoms with Crippen LogP contribution in [-0.2, 0) is 5.67 Å². The van der Waals surface area contributed by atoms with Crippen molar-refractivity contribution in [2.24, 2.45) is 0 Å². The van der Waals surface area contributed by atoms with Gasteiger partial charge in [-0.25, -0.2) is 4.39 Å². The van der Waals surface area contributed by atoms with Crippen LogP contribution in [0.1, 0.15) is 16.7 Å². The van der Waals surface area contributed by atoms with E-state index in [1.807, 2.05) is 0 Å². The van der Waals surface area contributed by atoms with E-state index in [1.165, 1.54) is 25.6 Å². The number of halogens is 7. The second-order valence-electron chi connectivity index (χ2n) is 5.16. The molecule has 0 spiro atoms. The molecular weight excluding hydrogens is 347 g/mol. The van der Waals surface area contributed by atoms with Crippen LogP contribution >= 0.6 is 11.8 Å². The van der Waals surface area contributed by atoms with Crippen molar-refractivity contribution in [1.29, 1.82) is 0 Å². The zero-order chi connectivity index (χ0) is 17.6. The van der Waals surface area contributed by atoms with E-state index in [0.29, 0.717) is 23.7 Å². The Hall–Kier alpha value is -1.38. The molecule has 0 unspecified atom stereocenters. The molecule has 1 heterocycles. The minimum absolute atomic E-state index is 0.141. The molecule has 2 rings (SSSR count). The van der Waals surface area contributed by atoms with Gasteiger partial charge < -0.3 is 4.90 Å². The highest BCUT2D eigenvalue weighted by atomic mass is 32.2. The SMILES string of the molecule is Cc1cc(C(F)(C(F)(F)F)C(F)(F)F)cc(C)c1N1C=CSC1. The van der Waals surface area contributed by atoms with E-state index in [1.54, 1.807) is 16.5 Å². The minimum atomic E-state index is -6.10. The molecule has 0 N–H and O–H groups in total. The average Bonchev–Trinajstić information content (AvgIpc) is 2.87. The maximum absolute atomic E-state index is 14.1. The Kier molecular flexibility index (Phi) is 4.38. The van der Waals surface area contributed by atoms with E-state index in [4.69, 9.17) is 0 Å². The van der Waals surface area contributed by atoms with Gasteiger partial charge in [-0.2, -0.15) is 26.3 Å². The topological polar surface area (TPSA) is 3.24 Å². The van der Waals surface area contributed by atoms with Gasteiger partial charge in [-0.05, 0) is 30.4 Å². The number of benzene rings is 1. The molecule has 0 saturated carbocycles. The van der Waals surface area contributed by atoms with Crippen LogP contribution in [0.3, 0.4) is 0 Å². The number of rotatable bonds is 2. The molecule has 0 aromatic heterocycles. The summed E-state index contributed by atoms with van der Waals surface area (Å²) < 4.78 is 91.1. The lowest BCUT2D eigenvalue weighted by atomic mass is 9.90. The molecule has 1 aromatic rings. The van der Waals surface area contributed by atoms with Gasteiger partial charge in [-0.3, -0.25) is 0 Å². The van der Waals surface area contributed by atoms with Crippen LogP contribution < -0.4 is 4.90 Å². The molecule has 0 fully saturated rings. The number of anilines is 1. The molecule has 0 radical (unpaired) electrons. The number of hydrogen-bond donors (Lipinski definition) is 0. The number of hydrogen-bond acceptors (Lipinski definition) is 2. The van der Waals surface area contributed by atoms with Crippen molar-refractivity contribution in [3.8, 4) is 0 Å². The fourth-order valence-electron chi connectivity index (χ4n) is 2.52. The summed E-state index contributed by atoms with van der Waals surface area (Å²) in [6, 6.07) is 1.22. The van der Waals surface area contributed by atoms with Gasteiger partial charge in [0.2, 0.25) is 0 Å². The summed E-state index contributed by atoms with van der Waals surface area (Å²) in [4.78, 5) is 1.68. The second kappa shape index (κ2) is 5.61. The van der Waals surface area contributed by atoms with E-state index in [2.05, 4.69) is 0 Å². The van der Waals surface area contributed by atoms with Crippen molar-refractivity contribution in [2.75, 3.05) is 10.8 Å². The molecule has 1 aliphatic heterocycles. The predicted octanol–water partition coefficient (Wildman–Crippen LogP) is 5.57. The van der Waals surface area contributed by atoms with Crippen LogP contribution in [0.25, 0.3) is 0 Å². The number of thioether (sulfide) groups is 1. The predicted molar refractivity (Wildman–Crippen MR) is 74.9 cm³/mol. The van der Waals surface area contributed by atoms with Gasteiger partial charge in [0.1, 0.15) is 0 Å². The van der Waals surface area contributed by atoms with Gasteiger partial charge in [-0.1, -0.05) is 12.1 Å². The Morgan fingerprint density at radius 1 is 0.913 bits per heavy atom. The van der Waals surface area contributed by atoms with Gasteiger partial charge in [-0.15, -0.1) is 11.8 Å². The first kappa shape index (κ1) is 18.0. The number of aryl methyl sites for hydroxylation is 2. The summed E-state index contributed by atoms with van der Waals surface area (Å²) in [5.74, 6) is 0.486. The summed E-state index contributed by atoms with van der Waals surface area (Å²) in [7, 11) is 0. The lowest BCUT2D eigenvalue weighted by Gasteiger charge is -2.32. The van der Waals surface area contributed by atoms with Gasteiger partial charge in [0.25, 0.3) is 0 Å². The molecule has 0 saturated heterocycles. The maximum atomic E-state index is 14.1. The van der Waals surface area contributed by atoms with E-state index < -0.39 is 23.6 Å². The highest BCUT2D eigenvalue weighted by Crippen LogP contribution is 2.54. The highest BCUT2D eigenvalue weighted by Gasteiger charge is 2.73. The lowest BCUT2D eigenvalue weighted by Crippen LogP contribution is -2.50. The maximum Gasteiger partial charge on any atom is 0.435 e. The fraction of sp³-hybridized carbons (Fsp3) is 0.429. The van der Waals surface area contributed by atoms with Crippen molar-refractivity contribution < 1.29 is 30.7 Å². The lowest BCUT2D eigenvalue weighted by molar-refractivity contribution is -0.348. The first-order valence-electron chi connectivity index (χ1n) is 6.38. The summed E-state index contributed by atoms with van der Waals surface area (Å²) in [5.41, 5.74) is -6.09. The zero-order valence-corrected chi connectivity index (χ0v) is 12.8. The van der Waals surface area contributed by atoms with Crippen molar-refractivity contribution in [3.05, 3.63) is 40.4 Å². The summed E-state index contributed by atoms with van der Waals surface area (Å²) in [5, 5.41) is 1.75. The number of nitrogens with zero attached hydrogens (tertiary/aromatic N) is 1. The van der Waals surface area contributed by atoms with Crippen molar-refractivity contribution in [3.63, 3.8) is 0 Å². The van der Waals surface area contributed by atoms with E-state index in [9.17, 15) is 30.7 Å². The number of alkyl halides is 7. The van der Waals surface area contributed by atoms with Crippen molar-refractivity contribution >= 4 is 17.4 Å². The normalized spacial score (nSPS) is 16.3. The molecule has 128 valence electrons. The summed E-state index contributed by atoms with van der Waals surface area (Å²) in [6.45, 7) is 2.71. The second-order valence-corrected chi connectivity index (χ2v) is 6.03. The molecule has 23 heavy (non-hydrogen) atoms. The molecule has 1 aliphatic rings. The Morgan fingerprint density at radius 3 is 1.74 bits per heavy atom. The molecule has 1 nitrogen and oxygen atoms in total. The third-order valence-electron chi connectivity index (χ3n) is 3.51. The van der Waals surface area contributed by atoms with Crippen LogP contribution in [0, 0.1) is 13.8 Å². The Balaban J connectivity index is 2.61. The van der Waals surface area contributed by atoms with E-state index in [-0.39, 0.29) is 11.1 Å². The Bertz CT molecular complexity index is 596. The van der Waals surface area contributed by atoms with Crippen molar-refractivity contribution in [2.45, 2.75) is 31.9 Å². The average molecular weight is 359 g/mol. The monoisotopic (exact) mass is 359 g/mol. The third kappa shape index (κ3) is 2.90. The molecular formula is C14H12F7NS. The van der Waals surface area contributed by atoms with Crippen LogP contribution in [0.4, 0.5) is 36.4 Å². The van der Waals surface area contributed by atoms with E-state index in [0.717, 1.165) is 0 Å². The van der Waals surface area contributed by atoms with Crippen LogP contribution in [-0.4, -0.2) is 18.2 Å². The molecule has 9 heteroatoms. The smallest absolute Gasteiger partial charge is 0.337 e. The molecule has 0 aliphatic carbocycles. The molecule has 0 bridgehead atoms. The zero-order valence-electron chi connectivity index (χ0n) is 12.0. The quantitative estimate of drug-likeness (QED) is 0.635. The van der Waals surface area contributed by atoms with Gasteiger partial charge in [0.05, 0.1) is 5.88 Å². The molecule has 0 amide bonds. The van der Waals surface area contributed by atoms with E-state index >= 15 is 0 Å². The van der Waals surface area contributed by atoms with Crippen LogP contribution in [0.15, 0.2) is 23.7 Å². The van der Waals surface area contributed by atoms with Crippen LogP contribution in [0.5, 0.6) is 0 Å². The largest absolute Gasteiger partial charge is 0.435 e. The minimum Gasteiger partial charge on any atom is -0.337 e. The van der Waals surface area contributed by atoms with Gasteiger partial charge in [0, 0.05) is 17.5 Å². The summed E-state index contributed by atoms with van der Waals surface area (Å²) in [6.07, 6.45) is -10.5. The van der Waals surface area contributed by atoms with Crippen LogP contribution in [0.2, 0.25) is 0 Å². The Morgan fingerprint density at radius 2 is 1.39 bits per heavy atom. The van der Waals surface area contributed by atoms with Gasteiger partial charge >= 0.3 is 18.0 Å². The highest BCUT2D eigenvalue weighted by molar-refractivity contribution is 8.02. The molecule has 0 atom stereocenters. The van der Waals surface area contributed by atoms with Crippen molar-refractivity contribution in [1.82, 2.24) is 0 Å². The fourth-order valence-corrected chi connectivity index (χ4v) is 3.21. The van der Waals surface area contributed by atoms with Gasteiger partial charge in [0.15, 0.2) is 0 Å². The summed E-state index contributed by atoms with van der Waals surface area (Å²) >= 11 is 1.42. The molecule has 1 aromatic carbocycles.